The van der Waals surface area contributed by atoms with Gasteiger partial charge in [0.2, 0.25) is 0 Å². The van der Waals surface area contributed by atoms with Crippen LogP contribution in [0.4, 0.5) is 0 Å². The third kappa shape index (κ3) is 4.42. The van der Waals surface area contributed by atoms with Crippen LogP contribution in [0.25, 0.3) is 0 Å². The molecule has 2 rings (SSSR count). The van der Waals surface area contributed by atoms with Crippen molar-refractivity contribution in [2.75, 3.05) is 0 Å². The van der Waals surface area contributed by atoms with Crippen LogP contribution in [0.3, 0.4) is 0 Å². The average Bonchev–Trinajstić information content (AvgIpc) is 2.61. The van der Waals surface area contributed by atoms with E-state index in [1.165, 1.54) is 32.1 Å². The summed E-state index contributed by atoms with van der Waals surface area (Å²) in [6.45, 7) is 3.89. The van der Waals surface area contributed by atoms with E-state index in [1.807, 2.05) is 0 Å². The molecule has 2 atom stereocenters. The van der Waals surface area contributed by atoms with Gasteiger partial charge in [-0.05, 0) is 31.4 Å². The SMILES string of the molecule is CCCCCCCCCCC1OC(=O)c2ccccc2C1(C)C(=O)O. The van der Waals surface area contributed by atoms with E-state index in [4.69, 9.17) is 4.74 Å². The molecule has 1 aliphatic rings. The Hall–Kier alpha value is -1.84. The summed E-state index contributed by atoms with van der Waals surface area (Å²) in [5.41, 5.74) is -0.228. The third-order valence-corrected chi connectivity index (χ3v) is 5.36. The first kappa shape index (κ1) is 19.5. The topological polar surface area (TPSA) is 63.6 Å². The lowest BCUT2D eigenvalue weighted by Crippen LogP contribution is -2.50. The van der Waals surface area contributed by atoms with Crippen molar-refractivity contribution in [1.29, 1.82) is 0 Å². The van der Waals surface area contributed by atoms with E-state index >= 15 is 0 Å². The van der Waals surface area contributed by atoms with Gasteiger partial charge in [-0.3, -0.25) is 4.79 Å². The molecule has 25 heavy (non-hydrogen) atoms. The van der Waals surface area contributed by atoms with E-state index in [-0.39, 0.29) is 0 Å². The Bertz CT molecular complexity index is 595. The molecule has 0 saturated heterocycles. The molecule has 1 N–H and O–H groups in total. The second kappa shape index (κ2) is 9.02. The Kier molecular flexibility index (Phi) is 7.03. The summed E-state index contributed by atoms with van der Waals surface area (Å²) in [4.78, 5) is 24.2. The van der Waals surface area contributed by atoms with E-state index in [9.17, 15) is 14.7 Å². The zero-order valence-corrected chi connectivity index (χ0v) is 15.4. The van der Waals surface area contributed by atoms with Crippen LogP contribution in [0.2, 0.25) is 0 Å². The quantitative estimate of drug-likeness (QED) is 0.473. The predicted octanol–water partition coefficient (Wildman–Crippen LogP) is 5.10. The van der Waals surface area contributed by atoms with E-state index < -0.39 is 23.5 Å². The fraction of sp³-hybridized carbons (Fsp3) is 0.619. The predicted molar refractivity (Wildman–Crippen MR) is 97.9 cm³/mol. The maximum atomic E-state index is 12.2. The zero-order chi connectivity index (χ0) is 18.3. The van der Waals surface area contributed by atoms with Gasteiger partial charge >= 0.3 is 11.9 Å². The number of fused-ring (bicyclic) bond motifs is 1. The molecule has 1 aliphatic heterocycles. The van der Waals surface area contributed by atoms with Gasteiger partial charge in [0.25, 0.3) is 0 Å². The number of carboxylic acids is 1. The van der Waals surface area contributed by atoms with Crippen molar-refractivity contribution in [3.05, 3.63) is 35.4 Å². The number of ether oxygens (including phenoxy) is 1. The Morgan fingerprint density at radius 1 is 1.08 bits per heavy atom. The van der Waals surface area contributed by atoms with Crippen LogP contribution >= 0.6 is 0 Å². The van der Waals surface area contributed by atoms with Crippen molar-refractivity contribution in [2.24, 2.45) is 0 Å². The van der Waals surface area contributed by atoms with Crippen molar-refractivity contribution in [3.8, 4) is 0 Å². The smallest absolute Gasteiger partial charge is 0.338 e. The Labute approximate surface area is 150 Å². The molecule has 0 aliphatic carbocycles. The molecule has 0 fully saturated rings. The van der Waals surface area contributed by atoms with Crippen molar-refractivity contribution >= 4 is 11.9 Å². The lowest BCUT2D eigenvalue weighted by Gasteiger charge is -2.38. The zero-order valence-electron chi connectivity index (χ0n) is 15.4. The lowest BCUT2D eigenvalue weighted by atomic mass is 9.72. The number of cyclic esters (lactones) is 1. The van der Waals surface area contributed by atoms with Crippen LogP contribution in [0.5, 0.6) is 0 Å². The molecule has 0 aromatic heterocycles. The molecular weight excluding hydrogens is 316 g/mol. The highest BCUT2D eigenvalue weighted by Gasteiger charge is 2.50. The minimum absolute atomic E-state index is 0.375. The molecule has 2 unspecified atom stereocenters. The van der Waals surface area contributed by atoms with Gasteiger partial charge in [0.15, 0.2) is 0 Å². The normalized spacial score (nSPS) is 22.3. The van der Waals surface area contributed by atoms with Crippen molar-refractivity contribution in [2.45, 2.75) is 83.2 Å². The number of hydrogen-bond acceptors (Lipinski definition) is 3. The summed E-state index contributed by atoms with van der Waals surface area (Å²) in [6, 6.07) is 6.91. The van der Waals surface area contributed by atoms with Crippen molar-refractivity contribution < 1.29 is 19.4 Å². The number of unbranched alkanes of at least 4 members (excludes halogenated alkanes) is 7. The van der Waals surface area contributed by atoms with E-state index in [2.05, 4.69) is 6.92 Å². The van der Waals surface area contributed by atoms with Crippen LogP contribution in [0.1, 0.15) is 87.6 Å². The third-order valence-electron chi connectivity index (χ3n) is 5.36. The maximum absolute atomic E-state index is 12.2. The van der Waals surface area contributed by atoms with Gasteiger partial charge in [0, 0.05) is 0 Å². The summed E-state index contributed by atoms with van der Waals surface area (Å²) in [5.74, 6) is -1.34. The highest BCUT2D eigenvalue weighted by atomic mass is 16.5. The standard InChI is InChI=1S/C21H30O4/c1-3-4-5-6-7-8-9-10-15-18-21(2,20(23)24)17-14-12-11-13-16(17)19(22)25-18/h11-14,18H,3-10,15H2,1-2H3,(H,23,24). The van der Waals surface area contributed by atoms with Crippen LogP contribution in [0.15, 0.2) is 24.3 Å². The minimum atomic E-state index is -1.17. The molecule has 1 aromatic carbocycles. The molecule has 0 saturated carbocycles. The second-order valence-electron chi connectivity index (χ2n) is 7.21. The fourth-order valence-electron chi connectivity index (χ4n) is 3.66. The average molecular weight is 346 g/mol. The summed E-state index contributed by atoms with van der Waals surface area (Å²) in [6.07, 6.45) is 9.43. The molecule has 0 bridgehead atoms. The Balaban J connectivity index is 1.94. The molecular formula is C21H30O4. The highest BCUT2D eigenvalue weighted by Crippen LogP contribution is 2.39. The van der Waals surface area contributed by atoms with Crippen molar-refractivity contribution in [1.82, 2.24) is 0 Å². The maximum Gasteiger partial charge on any atom is 0.338 e. The summed E-state index contributed by atoms with van der Waals surface area (Å²) < 4.78 is 5.53. The van der Waals surface area contributed by atoms with E-state index in [1.54, 1.807) is 31.2 Å². The van der Waals surface area contributed by atoms with E-state index in [0.29, 0.717) is 17.5 Å². The van der Waals surface area contributed by atoms with Crippen molar-refractivity contribution in [3.63, 3.8) is 0 Å². The van der Waals surface area contributed by atoms with Crippen LogP contribution in [-0.4, -0.2) is 23.1 Å². The number of rotatable bonds is 10. The van der Waals surface area contributed by atoms with Gasteiger partial charge < -0.3 is 9.84 Å². The first-order valence-corrected chi connectivity index (χ1v) is 9.55. The molecule has 4 heteroatoms. The summed E-state index contributed by atoms with van der Waals surface area (Å²) in [5, 5.41) is 9.83. The molecule has 0 radical (unpaired) electrons. The highest BCUT2D eigenvalue weighted by molar-refractivity contribution is 5.97. The number of carbonyl (C=O) groups is 2. The monoisotopic (exact) mass is 346 g/mol. The minimum Gasteiger partial charge on any atom is -0.480 e. The summed E-state index contributed by atoms with van der Waals surface area (Å²) in [7, 11) is 0. The first-order chi connectivity index (χ1) is 12.0. The van der Waals surface area contributed by atoms with Gasteiger partial charge in [-0.15, -0.1) is 0 Å². The van der Waals surface area contributed by atoms with Gasteiger partial charge in [-0.25, -0.2) is 4.79 Å². The molecule has 1 heterocycles. The van der Waals surface area contributed by atoms with Crippen LogP contribution in [-0.2, 0) is 14.9 Å². The molecule has 0 spiro atoms. The largest absolute Gasteiger partial charge is 0.480 e. The number of carbonyl (C=O) groups excluding carboxylic acids is 1. The first-order valence-electron chi connectivity index (χ1n) is 9.55. The molecule has 138 valence electrons. The fourth-order valence-corrected chi connectivity index (χ4v) is 3.66. The van der Waals surface area contributed by atoms with Crippen LogP contribution < -0.4 is 0 Å². The van der Waals surface area contributed by atoms with E-state index in [0.717, 1.165) is 19.3 Å². The second-order valence-corrected chi connectivity index (χ2v) is 7.21. The van der Waals surface area contributed by atoms with Crippen LogP contribution in [0, 0.1) is 0 Å². The van der Waals surface area contributed by atoms with Gasteiger partial charge in [-0.2, -0.15) is 0 Å². The number of carboxylic acid groups (broad SMARTS) is 1. The van der Waals surface area contributed by atoms with Gasteiger partial charge in [0.05, 0.1) is 5.56 Å². The number of esters is 1. The number of benzene rings is 1. The number of aliphatic carboxylic acids is 1. The van der Waals surface area contributed by atoms with Gasteiger partial charge in [0.1, 0.15) is 11.5 Å². The van der Waals surface area contributed by atoms with Gasteiger partial charge in [-0.1, -0.05) is 70.1 Å². The molecule has 1 aromatic rings. The summed E-state index contributed by atoms with van der Waals surface area (Å²) >= 11 is 0. The lowest BCUT2D eigenvalue weighted by molar-refractivity contribution is -0.149. The molecule has 0 amide bonds. The molecule has 4 nitrogen and oxygen atoms in total. The Morgan fingerprint density at radius 2 is 1.68 bits per heavy atom. The number of hydrogen-bond donors (Lipinski definition) is 1. The Morgan fingerprint density at radius 3 is 2.32 bits per heavy atom.